The quantitative estimate of drug-likeness (QED) is 0.780. The molecule has 2 aromatic rings. The average Bonchev–Trinajstić information content (AvgIpc) is 2.61. The Morgan fingerprint density at radius 1 is 1.16 bits per heavy atom. The highest BCUT2D eigenvalue weighted by Crippen LogP contribution is 2.29. The first kappa shape index (κ1) is 18.5. The van der Waals surface area contributed by atoms with Crippen molar-refractivity contribution in [3.8, 4) is 11.5 Å². The number of aromatic nitrogens is 1. The topological polar surface area (TPSA) is 60.5 Å². The molecule has 0 saturated heterocycles. The van der Waals surface area contributed by atoms with Gasteiger partial charge in [0.05, 0.1) is 24.9 Å². The Kier molecular flexibility index (Phi) is 6.57. The van der Waals surface area contributed by atoms with E-state index in [1.165, 1.54) is 6.08 Å². The maximum absolute atomic E-state index is 12.1. The minimum Gasteiger partial charge on any atom is -0.493 e. The van der Waals surface area contributed by atoms with Crippen molar-refractivity contribution in [2.24, 2.45) is 0 Å². The molecule has 132 valence electrons. The number of carbonyl (C=O) groups is 1. The molecule has 0 saturated carbocycles. The molecule has 1 N–H and O–H groups in total. The fraction of sp³-hybridized carbons (Fsp3) is 0.300. The first-order valence-electron chi connectivity index (χ1n) is 8.23. The molecule has 1 amide bonds. The van der Waals surface area contributed by atoms with Crippen LogP contribution in [0, 0.1) is 0 Å². The number of hydrogen-bond donors (Lipinski definition) is 1. The number of pyridine rings is 1. The second-order valence-corrected chi connectivity index (χ2v) is 5.90. The van der Waals surface area contributed by atoms with Crippen molar-refractivity contribution in [3.63, 3.8) is 0 Å². The van der Waals surface area contributed by atoms with E-state index in [4.69, 9.17) is 9.47 Å². The van der Waals surface area contributed by atoms with Crippen molar-refractivity contribution < 1.29 is 14.3 Å². The van der Waals surface area contributed by atoms with Crippen LogP contribution >= 0.6 is 0 Å². The standard InChI is InChI=1S/C20H24N2O3/c1-14(2)25-18-10-8-16(13-19(18)24-4)9-11-20(23)22-15(3)17-7-5-6-12-21-17/h5-15H,1-4H3,(H,22,23)/b11-9+. The summed E-state index contributed by atoms with van der Waals surface area (Å²) in [4.78, 5) is 16.3. The second kappa shape index (κ2) is 8.87. The lowest BCUT2D eigenvalue weighted by atomic mass is 10.1. The van der Waals surface area contributed by atoms with Gasteiger partial charge < -0.3 is 14.8 Å². The van der Waals surface area contributed by atoms with Crippen LogP contribution in [0.15, 0.2) is 48.7 Å². The number of ether oxygens (including phenoxy) is 2. The molecule has 0 spiro atoms. The summed E-state index contributed by atoms with van der Waals surface area (Å²) in [5.74, 6) is 1.14. The largest absolute Gasteiger partial charge is 0.493 e. The van der Waals surface area contributed by atoms with Gasteiger partial charge in [0.1, 0.15) is 0 Å². The molecule has 1 heterocycles. The average molecular weight is 340 g/mol. The van der Waals surface area contributed by atoms with Crippen LogP contribution in [0.1, 0.15) is 38.1 Å². The Bertz CT molecular complexity index is 727. The third-order valence-electron chi connectivity index (χ3n) is 3.47. The molecule has 0 aliphatic heterocycles. The van der Waals surface area contributed by atoms with Crippen LogP contribution in [0.2, 0.25) is 0 Å². The molecule has 1 atom stereocenters. The summed E-state index contributed by atoms with van der Waals surface area (Å²) in [6.07, 6.45) is 5.01. The van der Waals surface area contributed by atoms with Gasteiger partial charge in [-0.05, 0) is 56.7 Å². The van der Waals surface area contributed by atoms with Gasteiger partial charge in [-0.25, -0.2) is 0 Å². The molecule has 0 aliphatic carbocycles. The van der Waals surface area contributed by atoms with Gasteiger partial charge in [-0.2, -0.15) is 0 Å². The molecule has 1 aromatic carbocycles. The van der Waals surface area contributed by atoms with E-state index in [1.807, 2.05) is 57.2 Å². The maximum atomic E-state index is 12.1. The summed E-state index contributed by atoms with van der Waals surface area (Å²) < 4.78 is 11.0. The molecule has 1 unspecified atom stereocenters. The first-order chi connectivity index (χ1) is 12.0. The van der Waals surface area contributed by atoms with Crippen molar-refractivity contribution >= 4 is 12.0 Å². The molecular weight excluding hydrogens is 316 g/mol. The molecule has 25 heavy (non-hydrogen) atoms. The van der Waals surface area contributed by atoms with E-state index in [0.717, 1.165) is 11.3 Å². The molecule has 5 heteroatoms. The Morgan fingerprint density at radius 3 is 2.60 bits per heavy atom. The fourth-order valence-corrected chi connectivity index (χ4v) is 2.28. The van der Waals surface area contributed by atoms with E-state index in [9.17, 15) is 4.79 Å². The van der Waals surface area contributed by atoms with E-state index < -0.39 is 0 Å². The Morgan fingerprint density at radius 2 is 1.96 bits per heavy atom. The smallest absolute Gasteiger partial charge is 0.244 e. The summed E-state index contributed by atoms with van der Waals surface area (Å²) in [6, 6.07) is 11.0. The number of nitrogens with zero attached hydrogens (tertiary/aromatic N) is 1. The summed E-state index contributed by atoms with van der Waals surface area (Å²) in [6.45, 7) is 5.82. The second-order valence-electron chi connectivity index (χ2n) is 5.90. The molecule has 0 radical (unpaired) electrons. The molecule has 0 aliphatic rings. The Labute approximate surface area is 148 Å². The third-order valence-corrected chi connectivity index (χ3v) is 3.47. The van der Waals surface area contributed by atoms with Gasteiger partial charge in [-0.15, -0.1) is 0 Å². The lowest BCUT2D eigenvalue weighted by Crippen LogP contribution is -2.25. The van der Waals surface area contributed by atoms with E-state index >= 15 is 0 Å². The van der Waals surface area contributed by atoms with Crippen molar-refractivity contribution in [3.05, 3.63) is 59.9 Å². The zero-order valence-corrected chi connectivity index (χ0v) is 15.0. The van der Waals surface area contributed by atoms with Gasteiger partial charge in [0.15, 0.2) is 11.5 Å². The van der Waals surface area contributed by atoms with E-state index in [-0.39, 0.29) is 18.1 Å². The highest BCUT2D eigenvalue weighted by molar-refractivity contribution is 5.92. The van der Waals surface area contributed by atoms with Crippen LogP contribution in [0.25, 0.3) is 6.08 Å². The van der Waals surface area contributed by atoms with Crippen LogP contribution in [0.5, 0.6) is 11.5 Å². The summed E-state index contributed by atoms with van der Waals surface area (Å²) in [5.41, 5.74) is 1.68. The van der Waals surface area contributed by atoms with Crippen LogP contribution in [0.3, 0.4) is 0 Å². The monoisotopic (exact) mass is 340 g/mol. The van der Waals surface area contributed by atoms with Crippen LogP contribution in [0.4, 0.5) is 0 Å². The molecule has 1 aromatic heterocycles. The molecule has 0 fully saturated rings. The lowest BCUT2D eigenvalue weighted by molar-refractivity contribution is -0.117. The highest BCUT2D eigenvalue weighted by Gasteiger charge is 2.09. The van der Waals surface area contributed by atoms with E-state index in [1.54, 1.807) is 19.4 Å². The summed E-state index contributed by atoms with van der Waals surface area (Å²) in [7, 11) is 1.59. The number of benzene rings is 1. The van der Waals surface area contributed by atoms with Crippen molar-refractivity contribution in [1.82, 2.24) is 10.3 Å². The highest BCUT2D eigenvalue weighted by atomic mass is 16.5. The number of amides is 1. The Balaban J connectivity index is 2.02. The van der Waals surface area contributed by atoms with Gasteiger partial charge in [0.2, 0.25) is 5.91 Å². The fourth-order valence-electron chi connectivity index (χ4n) is 2.28. The minimum atomic E-state index is -0.181. The maximum Gasteiger partial charge on any atom is 0.244 e. The van der Waals surface area contributed by atoms with Crippen molar-refractivity contribution in [2.75, 3.05) is 7.11 Å². The normalized spacial score (nSPS) is 12.2. The van der Waals surface area contributed by atoms with Crippen molar-refractivity contribution in [2.45, 2.75) is 32.9 Å². The van der Waals surface area contributed by atoms with Gasteiger partial charge in [-0.1, -0.05) is 12.1 Å². The van der Waals surface area contributed by atoms with Gasteiger partial charge in [0, 0.05) is 12.3 Å². The van der Waals surface area contributed by atoms with Gasteiger partial charge >= 0.3 is 0 Å². The Hall–Kier alpha value is -2.82. The SMILES string of the molecule is COc1cc(/C=C/C(=O)NC(C)c2ccccn2)ccc1OC(C)C. The number of nitrogens with one attached hydrogen (secondary N) is 1. The van der Waals surface area contributed by atoms with E-state index in [0.29, 0.717) is 11.5 Å². The van der Waals surface area contributed by atoms with Gasteiger partial charge in [0.25, 0.3) is 0 Å². The van der Waals surface area contributed by atoms with Crippen LogP contribution in [-0.4, -0.2) is 24.1 Å². The predicted octanol–water partition coefficient (Wildman–Crippen LogP) is 3.77. The third kappa shape index (κ3) is 5.64. The molecule has 2 rings (SSSR count). The van der Waals surface area contributed by atoms with Crippen LogP contribution < -0.4 is 14.8 Å². The number of methoxy groups -OCH3 is 1. The number of rotatable bonds is 7. The lowest BCUT2D eigenvalue weighted by Gasteiger charge is -2.14. The number of hydrogen-bond acceptors (Lipinski definition) is 4. The summed E-state index contributed by atoms with van der Waals surface area (Å²) in [5, 5.41) is 2.89. The van der Waals surface area contributed by atoms with Crippen molar-refractivity contribution in [1.29, 1.82) is 0 Å². The van der Waals surface area contributed by atoms with E-state index in [2.05, 4.69) is 10.3 Å². The molecular formula is C20H24N2O3. The number of carbonyl (C=O) groups excluding carboxylic acids is 1. The van der Waals surface area contributed by atoms with Gasteiger partial charge in [-0.3, -0.25) is 9.78 Å². The van der Waals surface area contributed by atoms with Crippen LogP contribution in [-0.2, 0) is 4.79 Å². The molecule has 0 bridgehead atoms. The predicted molar refractivity (Wildman–Crippen MR) is 98.6 cm³/mol. The molecule has 5 nitrogen and oxygen atoms in total. The first-order valence-corrected chi connectivity index (χ1v) is 8.23. The zero-order chi connectivity index (χ0) is 18.2. The minimum absolute atomic E-state index is 0.0640. The zero-order valence-electron chi connectivity index (χ0n) is 15.0. The summed E-state index contributed by atoms with van der Waals surface area (Å²) >= 11 is 0.